The van der Waals surface area contributed by atoms with Crippen LogP contribution in [0.3, 0.4) is 0 Å². The molecule has 2 heterocycles. The summed E-state index contributed by atoms with van der Waals surface area (Å²) in [6, 6.07) is 17.6. The molecule has 0 saturated heterocycles. The standard InChI is InChI=1S/C21H16N4OS/c1-2-26-16-9-7-14(8-10-16)17-12-27-21-19(17)20(23-13-24-21)25-18-6-4-3-5-15(18)11-22/h3-10,12-13H,2H2,1H3,(H,23,24,25). The van der Waals surface area contributed by atoms with Gasteiger partial charge in [-0.15, -0.1) is 11.3 Å². The van der Waals surface area contributed by atoms with E-state index in [2.05, 4.69) is 26.7 Å². The van der Waals surface area contributed by atoms with Gasteiger partial charge in [-0.2, -0.15) is 5.26 Å². The zero-order chi connectivity index (χ0) is 18.6. The van der Waals surface area contributed by atoms with E-state index >= 15 is 0 Å². The Morgan fingerprint density at radius 3 is 2.70 bits per heavy atom. The van der Waals surface area contributed by atoms with Crippen molar-refractivity contribution in [1.82, 2.24) is 9.97 Å². The lowest BCUT2D eigenvalue weighted by Gasteiger charge is -2.10. The van der Waals surface area contributed by atoms with Gasteiger partial charge in [-0.3, -0.25) is 0 Å². The lowest BCUT2D eigenvalue weighted by Crippen LogP contribution is -1.97. The third kappa shape index (κ3) is 3.33. The van der Waals surface area contributed by atoms with Gasteiger partial charge in [0.2, 0.25) is 0 Å². The highest BCUT2D eigenvalue weighted by Gasteiger charge is 2.14. The Morgan fingerprint density at radius 2 is 1.93 bits per heavy atom. The molecule has 4 rings (SSSR count). The van der Waals surface area contributed by atoms with Crippen molar-refractivity contribution in [2.45, 2.75) is 6.92 Å². The first kappa shape index (κ1) is 17.0. The van der Waals surface area contributed by atoms with E-state index in [-0.39, 0.29) is 0 Å². The number of rotatable bonds is 5. The minimum absolute atomic E-state index is 0.571. The van der Waals surface area contributed by atoms with Gasteiger partial charge in [-0.25, -0.2) is 9.97 Å². The summed E-state index contributed by atoms with van der Waals surface area (Å²) in [6.45, 7) is 2.61. The first-order valence-electron chi connectivity index (χ1n) is 8.51. The molecule has 0 fully saturated rings. The number of anilines is 2. The van der Waals surface area contributed by atoms with E-state index in [4.69, 9.17) is 4.74 Å². The van der Waals surface area contributed by atoms with Crippen molar-refractivity contribution < 1.29 is 4.74 Å². The van der Waals surface area contributed by atoms with Gasteiger partial charge in [0.05, 0.1) is 23.2 Å². The van der Waals surface area contributed by atoms with Crippen LogP contribution in [0.2, 0.25) is 0 Å². The zero-order valence-electron chi connectivity index (χ0n) is 14.6. The van der Waals surface area contributed by atoms with Gasteiger partial charge in [0.25, 0.3) is 0 Å². The van der Waals surface area contributed by atoms with Gasteiger partial charge < -0.3 is 10.1 Å². The maximum Gasteiger partial charge on any atom is 0.143 e. The molecule has 0 spiro atoms. The molecule has 0 radical (unpaired) electrons. The molecule has 1 N–H and O–H groups in total. The van der Waals surface area contributed by atoms with Crippen LogP contribution in [0.5, 0.6) is 5.75 Å². The van der Waals surface area contributed by atoms with Gasteiger partial charge in [0.15, 0.2) is 0 Å². The molecule has 27 heavy (non-hydrogen) atoms. The van der Waals surface area contributed by atoms with Crippen LogP contribution in [0.25, 0.3) is 21.3 Å². The third-order valence-corrected chi connectivity index (χ3v) is 5.03. The first-order valence-corrected chi connectivity index (χ1v) is 9.39. The number of thiophene rings is 1. The predicted octanol–water partition coefficient (Wildman–Crippen LogP) is 5.37. The van der Waals surface area contributed by atoms with Crippen LogP contribution < -0.4 is 10.1 Å². The number of hydrogen-bond acceptors (Lipinski definition) is 6. The summed E-state index contributed by atoms with van der Waals surface area (Å²) in [4.78, 5) is 9.72. The van der Waals surface area contributed by atoms with Gasteiger partial charge in [-0.05, 0) is 36.8 Å². The second-order valence-electron chi connectivity index (χ2n) is 5.79. The fourth-order valence-corrected chi connectivity index (χ4v) is 3.81. The summed E-state index contributed by atoms with van der Waals surface area (Å²) in [5.74, 6) is 1.53. The summed E-state index contributed by atoms with van der Waals surface area (Å²) in [5, 5.41) is 15.7. The summed E-state index contributed by atoms with van der Waals surface area (Å²) in [7, 11) is 0. The molecule has 6 heteroatoms. The van der Waals surface area contributed by atoms with Crippen molar-refractivity contribution in [2.24, 2.45) is 0 Å². The summed E-state index contributed by atoms with van der Waals surface area (Å²) < 4.78 is 5.53. The number of ether oxygens (including phenoxy) is 1. The molecule has 4 aromatic rings. The Kier molecular flexibility index (Phi) is 4.69. The Hall–Kier alpha value is -3.43. The fraction of sp³-hybridized carbons (Fsp3) is 0.0952. The highest BCUT2D eigenvalue weighted by molar-refractivity contribution is 7.17. The van der Waals surface area contributed by atoms with Crippen LogP contribution in [-0.2, 0) is 0 Å². The van der Waals surface area contributed by atoms with E-state index in [1.807, 2.05) is 49.4 Å². The van der Waals surface area contributed by atoms with Crippen LogP contribution in [0.4, 0.5) is 11.5 Å². The summed E-state index contributed by atoms with van der Waals surface area (Å²) in [5.41, 5.74) is 3.41. The molecule has 0 saturated carbocycles. The normalized spacial score (nSPS) is 10.5. The monoisotopic (exact) mass is 372 g/mol. The SMILES string of the molecule is CCOc1ccc(-c2csc3ncnc(Nc4ccccc4C#N)c23)cc1. The zero-order valence-corrected chi connectivity index (χ0v) is 15.5. The third-order valence-electron chi connectivity index (χ3n) is 4.15. The minimum atomic E-state index is 0.571. The molecular formula is C21H16N4OS. The highest BCUT2D eigenvalue weighted by Crippen LogP contribution is 2.38. The molecular weight excluding hydrogens is 356 g/mol. The summed E-state index contributed by atoms with van der Waals surface area (Å²) in [6.07, 6.45) is 1.54. The number of fused-ring (bicyclic) bond motifs is 1. The number of nitrogens with one attached hydrogen (secondary N) is 1. The molecule has 0 atom stereocenters. The Bertz CT molecular complexity index is 1130. The number of hydrogen-bond donors (Lipinski definition) is 1. The molecule has 5 nitrogen and oxygen atoms in total. The summed E-state index contributed by atoms with van der Waals surface area (Å²) >= 11 is 1.57. The molecule has 132 valence electrons. The fourth-order valence-electron chi connectivity index (χ4n) is 2.90. The van der Waals surface area contributed by atoms with Gasteiger partial charge in [-0.1, -0.05) is 24.3 Å². The van der Waals surface area contributed by atoms with Crippen molar-refractivity contribution in [1.29, 1.82) is 5.26 Å². The van der Waals surface area contributed by atoms with Gasteiger partial charge >= 0.3 is 0 Å². The smallest absolute Gasteiger partial charge is 0.143 e. The number of nitriles is 1. The van der Waals surface area contributed by atoms with E-state index in [0.717, 1.165) is 32.8 Å². The highest BCUT2D eigenvalue weighted by atomic mass is 32.1. The first-order chi connectivity index (χ1) is 13.3. The van der Waals surface area contributed by atoms with Crippen molar-refractivity contribution in [3.63, 3.8) is 0 Å². The van der Waals surface area contributed by atoms with E-state index in [1.54, 1.807) is 17.4 Å². The molecule has 2 aromatic heterocycles. The molecule has 0 unspecified atom stereocenters. The number of benzene rings is 2. The van der Waals surface area contributed by atoms with Gasteiger partial charge in [0.1, 0.15) is 28.8 Å². The number of aromatic nitrogens is 2. The van der Waals surface area contributed by atoms with Crippen molar-refractivity contribution >= 4 is 33.1 Å². The van der Waals surface area contributed by atoms with Crippen molar-refractivity contribution in [3.8, 4) is 22.9 Å². The van der Waals surface area contributed by atoms with Crippen LogP contribution in [-0.4, -0.2) is 16.6 Å². The Labute approximate surface area is 160 Å². The maximum atomic E-state index is 9.34. The lowest BCUT2D eigenvalue weighted by molar-refractivity contribution is 0.340. The maximum absolute atomic E-state index is 9.34. The van der Waals surface area contributed by atoms with Crippen LogP contribution >= 0.6 is 11.3 Å². The predicted molar refractivity (Wildman–Crippen MR) is 108 cm³/mol. The molecule has 0 bridgehead atoms. The molecule has 2 aromatic carbocycles. The minimum Gasteiger partial charge on any atom is -0.494 e. The lowest BCUT2D eigenvalue weighted by atomic mass is 10.1. The largest absolute Gasteiger partial charge is 0.494 e. The average molecular weight is 372 g/mol. The molecule has 0 amide bonds. The van der Waals surface area contributed by atoms with Crippen molar-refractivity contribution in [3.05, 3.63) is 65.8 Å². The van der Waals surface area contributed by atoms with Crippen LogP contribution in [0.1, 0.15) is 12.5 Å². The quantitative estimate of drug-likeness (QED) is 0.510. The Balaban J connectivity index is 1.79. The van der Waals surface area contributed by atoms with E-state index in [1.165, 1.54) is 6.33 Å². The second kappa shape index (κ2) is 7.44. The second-order valence-corrected chi connectivity index (χ2v) is 6.65. The Morgan fingerprint density at radius 1 is 1.11 bits per heavy atom. The van der Waals surface area contributed by atoms with Crippen molar-refractivity contribution in [2.75, 3.05) is 11.9 Å². The molecule has 0 aliphatic carbocycles. The topological polar surface area (TPSA) is 70.8 Å². The van der Waals surface area contributed by atoms with Crippen LogP contribution in [0.15, 0.2) is 60.2 Å². The average Bonchev–Trinajstić information content (AvgIpc) is 3.14. The molecule has 0 aliphatic rings. The van der Waals surface area contributed by atoms with Crippen LogP contribution in [0, 0.1) is 11.3 Å². The molecule has 0 aliphatic heterocycles. The van der Waals surface area contributed by atoms with E-state index in [9.17, 15) is 5.26 Å². The van der Waals surface area contributed by atoms with E-state index in [0.29, 0.717) is 18.0 Å². The number of nitrogens with zero attached hydrogens (tertiary/aromatic N) is 3. The van der Waals surface area contributed by atoms with E-state index < -0.39 is 0 Å². The van der Waals surface area contributed by atoms with Gasteiger partial charge in [0, 0.05) is 10.9 Å². The number of para-hydroxylation sites is 1.